The summed E-state index contributed by atoms with van der Waals surface area (Å²) in [5.74, 6) is 0. The molecule has 0 saturated heterocycles. The van der Waals surface area contributed by atoms with Crippen molar-refractivity contribution in [3.8, 4) is 0 Å². The van der Waals surface area contributed by atoms with E-state index in [2.05, 4.69) is 6.92 Å². The highest BCUT2D eigenvalue weighted by Crippen LogP contribution is 1.87. The van der Waals surface area contributed by atoms with Crippen molar-refractivity contribution in [1.29, 1.82) is 0 Å². The van der Waals surface area contributed by atoms with Crippen LogP contribution in [-0.4, -0.2) is 24.9 Å². The van der Waals surface area contributed by atoms with Crippen LogP contribution in [0.25, 0.3) is 0 Å². The van der Waals surface area contributed by atoms with E-state index >= 15 is 0 Å². The van der Waals surface area contributed by atoms with Gasteiger partial charge in [-0.05, 0) is 6.42 Å². The first-order chi connectivity index (χ1) is 4.91. The molecule has 0 fully saturated rings. The molecular formula is C8H16O2. The van der Waals surface area contributed by atoms with Crippen molar-refractivity contribution < 1.29 is 9.84 Å². The van der Waals surface area contributed by atoms with E-state index in [4.69, 9.17) is 9.84 Å². The quantitative estimate of drug-likeness (QED) is 0.450. The van der Waals surface area contributed by atoms with Crippen LogP contribution in [0.3, 0.4) is 0 Å². The fraction of sp³-hybridized carbons (Fsp3) is 0.750. The number of aliphatic hydroxyl groups is 1. The first-order valence-corrected chi connectivity index (χ1v) is 3.75. The summed E-state index contributed by atoms with van der Waals surface area (Å²) in [4.78, 5) is 0. The number of hydrogen-bond acceptors (Lipinski definition) is 2. The van der Waals surface area contributed by atoms with Crippen molar-refractivity contribution >= 4 is 0 Å². The average Bonchev–Trinajstić information content (AvgIpc) is 1.97. The van der Waals surface area contributed by atoms with Crippen molar-refractivity contribution in [2.75, 3.05) is 19.8 Å². The van der Waals surface area contributed by atoms with Gasteiger partial charge in [-0.25, -0.2) is 0 Å². The van der Waals surface area contributed by atoms with Crippen LogP contribution in [0, 0.1) is 0 Å². The molecule has 2 heteroatoms. The molecule has 0 amide bonds. The van der Waals surface area contributed by atoms with E-state index in [-0.39, 0.29) is 6.61 Å². The van der Waals surface area contributed by atoms with E-state index < -0.39 is 0 Å². The summed E-state index contributed by atoms with van der Waals surface area (Å²) < 4.78 is 5.18. The average molecular weight is 144 g/mol. The molecule has 0 aromatic heterocycles. The summed E-state index contributed by atoms with van der Waals surface area (Å²) in [6, 6.07) is 0. The minimum Gasteiger partial charge on any atom is -0.392 e. The van der Waals surface area contributed by atoms with E-state index in [1.54, 1.807) is 6.08 Å². The number of unbranched alkanes of at least 4 members (excludes halogenated alkanes) is 1. The smallest absolute Gasteiger partial charge is 0.0648 e. The summed E-state index contributed by atoms with van der Waals surface area (Å²) in [5.41, 5.74) is 0. The molecule has 60 valence electrons. The van der Waals surface area contributed by atoms with Crippen LogP contribution in [-0.2, 0) is 4.74 Å². The third-order valence-electron chi connectivity index (χ3n) is 1.13. The lowest BCUT2D eigenvalue weighted by atomic mass is 10.4. The zero-order valence-corrected chi connectivity index (χ0v) is 6.55. The Kier molecular flexibility index (Phi) is 8.37. The van der Waals surface area contributed by atoms with Crippen LogP contribution in [0.15, 0.2) is 12.2 Å². The molecule has 10 heavy (non-hydrogen) atoms. The van der Waals surface area contributed by atoms with Crippen LogP contribution in [0.2, 0.25) is 0 Å². The Bertz CT molecular complexity index is 79.3. The zero-order valence-electron chi connectivity index (χ0n) is 6.55. The molecule has 0 aromatic rings. The molecule has 0 aliphatic heterocycles. The van der Waals surface area contributed by atoms with E-state index in [1.807, 2.05) is 6.08 Å². The molecule has 0 aromatic carbocycles. The lowest BCUT2D eigenvalue weighted by Gasteiger charge is -1.96. The minimum atomic E-state index is 0.108. The molecule has 0 radical (unpaired) electrons. The predicted octanol–water partition coefficient (Wildman–Crippen LogP) is 1.35. The van der Waals surface area contributed by atoms with Gasteiger partial charge in [-0.3, -0.25) is 0 Å². The standard InChI is InChI=1S/C8H16O2/c1-2-3-7-10-8-5-4-6-9/h4-5,9H,2-3,6-8H2,1H3/b5-4+. The fourth-order valence-corrected chi connectivity index (χ4v) is 0.540. The van der Waals surface area contributed by atoms with Gasteiger partial charge in [0.05, 0.1) is 13.2 Å². The normalized spacial score (nSPS) is 11.0. The number of rotatable bonds is 6. The van der Waals surface area contributed by atoms with Crippen LogP contribution in [0.4, 0.5) is 0 Å². The molecule has 0 atom stereocenters. The third-order valence-corrected chi connectivity index (χ3v) is 1.13. The Balaban J connectivity index is 2.83. The molecule has 1 N–H and O–H groups in total. The Morgan fingerprint density at radius 3 is 2.80 bits per heavy atom. The van der Waals surface area contributed by atoms with E-state index in [9.17, 15) is 0 Å². The van der Waals surface area contributed by atoms with Gasteiger partial charge in [-0.15, -0.1) is 0 Å². The minimum absolute atomic E-state index is 0.108. The predicted molar refractivity (Wildman–Crippen MR) is 42.0 cm³/mol. The summed E-state index contributed by atoms with van der Waals surface area (Å²) in [6.07, 6.45) is 5.80. The Labute approximate surface area is 62.5 Å². The Morgan fingerprint density at radius 2 is 2.20 bits per heavy atom. The second-order valence-electron chi connectivity index (χ2n) is 2.08. The van der Waals surface area contributed by atoms with E-state index in [1.165, 1.54) is 6.42 Å². The summed E-state index contributed by atoms with van der Waals surface area (Å²) in [7, 11) is 0. The maximum Gasteiger partial charge on any atom is 0.0648 e. The number of ether oxygens (including phenoxy) is 1. The van der Waals surface area contributed by atoms with Crippen LogP contribution < -0.4 is 0 Å². The van der Waals surface area contributed by atoms with Gasteiger partial charge in [0.15, 0.2) is 0 Å². The third kappa shape index (κ3) is 7.66. The largest absolute Gasteiger partial charge is 0.392 e. The lowest BCUT2D eigenvalue weighted by Crippen LogP contribution is -1.93. The van der Waals surface area contributed by atoms with Gasteiger partial charge in [0.25, 0.3) is 0 Å². The lowest BCUT2D eigenvalue weighted by molar-refractivity contribution is 0.158. The second kappa shape index (κ2) is 8.66. The van der Waals surface area contributed by atoms with Crippen LogP contribution >= 0.6 is 0 Å². The molecule has 0 aliphatic carbocycles. The summed E-state index contributed by atoms with van der Waals surface area (Å²) in [6.45, 7) is 3.69. The molecule has 2 nitrogen and oxygen atoms in total. The highest BCUT2D eigenvalue weighted by atomic mass is 16.5. The SMILES string of the molecule is CCCCOC/C=C/CO. The van der Waals surface area contributed by atoms with Gasteiger partial charge in [0.1, 0.15) is 0 Å². The molecule has 0 spiro atoms. The number of aliphatic hydroxyl groups excluding tert-OH is 1. The fourth-order valence-electron chi connectivity index (χ4n) is 0.540. The number of hydrogen-bond donors (Lipinski definition) is 1. The molecule has 0 saturated carbocycles. The topological polar surface area (TPSA) is 29.5 Å². The van der Waals surface area contributed by atoms with Gasteiger partial charge in [0.2, 0.25) is 0 Å². The van der Waals surface area contributed by atoms with E-state index in [0.717, 1.165) is 13.0 Å². The highest BCUT2D eigenvalue weighted by molar-refractivity contribution is 4.79. The maximum absolute atomic E-state index is 8.33. The van der Waals surface area contributed by atoms with Crippen molar-refractivity contribution in [2.24, 2.45) is 0 Å². The van der Waals surface area contributed by atoms with Crippen molar-refractivity contribution in [3.05, 3.63) is 12.2 Å². The van der Waals surface area contributed by atoms with Crippen LogP contribution in [0.1, 0.15) is 19.8 Å². The van der Waals surface area contributed by atoms with Gasteiger partial charge in [-0.2, -0.15) is 0 Å². The maximum atomic E-state index is 8.33. The molecule has 0 rings (SSSR count). The molecule has 0 aliphatic rings. The van der Waals surface area contributed by atoms with Gasteiger partial charge in [-0.1, -0.05) is 25.5 Å². The highest BCUT2D eigenvalue weighted by Gasteiger charge is 1.81. The van der Waals surface area contributed by atoms with Crippen LogP contribution in [0.5, 0.6) is 0 Å². The molecule has 0 heterocycles. The van der Waals surface area contributed by atoms with E-state index in [0.29, 0.717) is 6.61 Å². The summed E-state index contributed by atoms with van der Waals surface area (Å²) in [5, 5.41) is 8.33. The Hall–Kier alpha value is -0.340. The van der Waals surface area contributed by atoms with Gasteiger partial charge >= 0.3 is 0 Å². The first-order valence-electron chi connectivity index (χ1n) is 3.75. The van der Waals surface area contributed by atoms with Gasteiger partial charge < -0.3 is 9.84 Å². The zero-order chi connectivity index (χ0) is 7.66. The van der Waals surface area contributed by atoms with Crippen molar-refractivity contribution in [1.82, 2.24) is 0 Å². The molecule has 0 bridgehead atoms. The first kappa shape index (κ1) is 9.66. The van der Waals surface area contributed by atoms with Gasteiger partial charge in [0, 0.05) is 6.61 Å². The Morgan fingerprint density at radius 1 is 1.40 bits per heavy atom. The molecule has 0 unspecified atom stereocenters. The summed E-state index contributed by atoms with van der Waals surface area (Å²) >= 11 is 0. The molecular weight excluding hydrogens is 128 g/mol. The van der Waals surface area contributed by atoms with Crippen molar-refractivity contribution in [2.45, 2.75) is 19.8 Å². The second-order valence-corrected chi connectivity index (χ2v) is 2.08. The van der Waals surface area contributed by atoms with Crippen molar-refractivity contribution in [3.63, 3.8) is 0 Å². The monoisotopic (exact) mass is 144 g/mol.